The summed E-state index contributed by atoms with van der Waals surface area (Å²) >= 11 is 0. The van der Waals surface area contributed by atoms with Gasteiger partial charge in [-0.05, 0) is 13.0 Å². The van der Waals surface area contributed by atoms with Crippen LogP contribution in [0.3, 0.4) is 0 Å². The lowest BCUT2D eigenvalue weighted by atomic mass is 10.3. The van der Waals surface area contributed by atoms with Crippen LogP contribution in [0.2, 0.25) is 0 Å². The summed E-state index contributed by atoms with van der Waals surface area (Å²) in [6.45, 7) is 4.24. The third-order valence-electron chi connectivity index (χ3n) is 1.63. The van der Waals surface area contributed by atoms with Crippen LogP contribution in [0.5, 0.6) is 0 Å². The van der Waals surface area contributed by atoms with E-state index in [-0.39, 0.29) is 0 Å². The van der Waals surface area contributed by atoms with Crippen molar-refractivity contribution in [2.75, 3.05) is 13.1 Å². The Kier molecular flexibility index (Phi) is 3.73. The van der Waals surface area contributed by atoms with E-state index in [0.717, 1.165) is 25.2 Å². The molecule has 0 radical (unpaired) electrons. The van der Waals surface area contributed by atoms with Crippen molar-refractivity contribution < 1.29 is 0 Å². The highest BCUT2D eigenvalue weighted by Gasteiger charge is 1.96. The fraction of sp³-hybridized carbons (Fsp3) is 0.750. The molecule has 1 heterocycles. The third kappa shape index (κ3) is 3.00. The van der Waals surface area contributed by atoms with Crippen LogP contribution in [0.25, 0.3) is 0 Å². The second-order valence-electron chi connectivity index (χ2n) is 2.88. The number of hydrogen-bond acceptors (Lipinski definition) is 3. The second-order valence-corrected chi connectivity index (χ2v) is 2.88. The van der Waals surface area contributed by atoms with Crippen LogP contribution < -0.4 is 5.32 Å². The van der Waals surface area contributed by atoms with Gasteiger partial charge in [-0.2, -0.15) is 0 Å². The van der Waals surface area contributed by atoms with E-state index < -0.39 is 0 Å². The topological polar surface area (TPSA) is 42.7 Å². The Labute approximate surface area is 73.0 Å². The Morgan fingerprint density at radius 3 is 2.92 bits per heavy atom. The number of aromatic nitrogens is 3. The van der Waals surface area contributed by atoms with Gasteiger partial charge in [0.25, 0.3) is 0 Å². The van der Waals surface area contributed by atoms with Crippen molar-refractivity contribution >= 4 is 0 Å². The quantitative estimate of drug-likeness (QED) is 0.645. The average molecular weight is 168 g/mol. The van der Waals surface area contributed by atoms with Gasteiger partial charge in [0.2, 0.25) is 0 Å². The lowest BCUT2D eigenvalue weighted by molar-refractivity contribution is 0.663. The molecule has 1 rings (SSSR count). The Morgan fingerprint density at radius 1 is 1.50 bits per heavy atom. The van der Waals surface area contributed by atoms with Crippen LogP contribution in [0.4, 0.5) is 0 Å². The lowest BCUT2D eigenvalue weighted by Gasteiger charge is -1.98. The van der Waals surface area contributed by atoms with Crippen molar-refractivity contribution in [1.82, 2.24) is 20.3 Å². The predicted molar refractivity (Wildman–Crippen MR) is 47.9 cm³/mol. The van der Waals surface area contributed by atoms with E-state index in [2.05, 4.69) is 22.6 Å². The summed E-state index contributed by atoms with van der Waals surface area (Å²) in [4.78, 5) is 0. The van der Waals surface area contributed by atoms with Crippen molar-refractivity contribution in [2.45, 2.75) is 19.8 Å². The molecular formula is C8H16N4. The van der Waals surface area contributed by atoms with Gasteiger partial charge in [-0.3, -0.25) is 4.68 Å². The van der Waals surface area contributed by atoms with Gasteiger partial charge in [-0.15, -0.1) is 5.10 Å². The summed E-state index contributed by atoms with van der Waals surface area (Å²) in [7, 11) is 1.88. The first kappa shape index (κ1) is 9.19. The Morgan fingerprint density at radius 2 is 2.33 bits per heavy atom. The molecule has 1 aromatic heterocycles. The van der Waals surface area contributed by atoms with E-state index >= 15 is 0 Å². The van der Waals surface area contributed by atoms with Gasteiger partial charge in [-0.25, -0.2) is 0 Å². The zero-order chi connectivity index (χ0) is 8.81. The fourth-order valence-electron chi connectivity index (χ4n) is 1.03. The van der Waals surface area contributed by atoms with E-state index in [1.165, 1.54) is 6.42 Å². The number of aryl methyl sites for hydroxylation is 1. The van der Waals surface area contributed by atoms with Crippen LogP contribution in [0.15, 0.2) is 6.20 Å². The second kappa shape index (κ2) is 4.87. The zero-order valence-electron chi connectivity index (χ0n) is 7.75. The summed E-state index contributed by atoms with van der Waals surface area (Å²) in [6.07, 6.45) is 4.10. The molecule has 0 amide bonds. The SMILES string of the molecule is CCCNCCc1cn(C)nn1. The number of nitrogens with one attached hydrogen (secondary N) is 1. The molecule has 0 atom stereocenters. The minimum absolute atomic E-state index is 0.966. The maximum atomic E-state index is 3.99. The Balaban J connectivity index is 2.15. The zero-order valence-corrected chi connectivity index (χ0v) is 7.75. The molecule has 0 unspecified atom stereocenters. The molecule has 1 N–H and O–H groups in total. The molecule has 0 spiro atoms. The molecule has 0 aliphatic heterocycles. The highest BCUT2D eigenvalue weighted by Crippen LogP contribution is 1.90. The van der Waals surface area contributed by atoms with Crippen LogP contribution in [0.1, 0.15) is 19.0 Å². The molecule has 12 heavy (non-hydrogen) atoms. The maximum Gasteiger partial charge on any atom is 0.0839 e. The first-order valence-corrected chi connectivity index (χ1v) is 4.39. The minimum atomic E-state index is 0.966. The molecule has 0 bridgehead atoms. The highest BCUT2D eigenvalue weighted by molar-refractivity contribution is 4.92. The largest absolute Gasteiger partial charge is 0.316 e. The molecule has 4 nitrogen and oxygen atoms in total. The van der Waals surface area contributed by atoms with E-state index in [1.54, 1.807) is 4.68 Å². The van der Waals surface area contributed by atoms with Crippen LogP contribution in [-0.2, 0) is 13.5 Å². The van der Waals surface area contributed by atoms with E-state index in [0.29, 0.717) is 0 Å². The Bertz CT molecular complexity index is 219. The molecule has 0 saturated carbocycles. The molecule has 0 aromatic carbocycles. The molecule has 0 fully saturated rings. The summed E-state index contributed by atoms with van der Waals surface area (Å²) in [5.74, 6) is 0. The van der Waals surface area contributed by atoms with Gasteiger partial charge in [0.05, 0.1) is 5.69 Å². The predicted octanol–water partition coefficient (Wildman–Crippen LogP) is 0.357. The van der Waals surface area contributed by atoms with Crippen LogP contribution in [0, 0.1) is 0 Å². The molecule has 68 valence electrons. The standard InChI is InChI=1S/C8H16N4/c1-3-5-9-6-4-8-7-12(2)11-10-8/h7,9H,3-6H2,1-2H3. The normalized spacial score (nSPS) is 10.5. The minimum Gasteiger partial charge on any atom is -0.316 e. The Hall–Kier alpha value is -0.900. The molecule has 1 aromatic rings. The first-order chi connectivity index (χ1) is 5.83. The smallest absolute Gasteiger partial charge is 0.0839 e. The van der Waals surface area contributed by atoms with Crippen molar-refractivity contribution in [1.29, 1.82) is 0 Å². The van der Waals surface area contributed by atoms with Gasteiger partial charge in [0.1, 0.15) is 0 Å². The average Bonchev–Trinajstić information content (AvgIpc) is 2.45. The molecule has 0 aliphatic carbocycles. The van der Waals surface area contributed by atoms with Gasteiger partial charge >= 0.3 is 0 Å². The van der Waals surface area contributed by atoms with Gasteiger partial charge in [0, 0.05) is 26.2 Å². The molecular weight excluding hydrogens is 152 g/mol. The fourth-order valence-corrected chi connectivity index (χ4v) is 1.03. The summed E-state index contributed by atoms with van der Waals surface area (Å²) in [5.41, 5.74) is 1.06. The van der Waals surface area contributed by atoms with Crippen molar-refractivity contribution in [2.24, 2.45) is 7.05 Å². The first-order valence-electron chi connectivity index (χ1n) is 4.39. The van der Waals surface area contributed by atoms with Crippen LogP contribution >= 0.6 is 0 Å². The molecule has 4 heteroatoms. The summed E-state index contributed by atoms with van der Waals surface area (Å²) in [6, 6.07) is 0. The van der Waals surface area contributed by atoms with Gasteiger partial charge in [-0.1, -0.05) is 12.1 Å². The van der Waals surface area contributed by atoms with Crippen molar-refractivity contribution in [3.8, 4) is 0 Å². The van der Waals surface area contributed by atoms with Gasteiger partial charge in [0.15, 0.2) is 0 Å². The molecule has 0 saturated heterocycles. The number of nitrogens with zero attached hydrogens (tertiary/aromatic N) is 3. The summed E-state index contributed by atoms with van der Waals surface area (Å²) < 4.78 is 1.73. The molecule has 0 aliphatic rings. The highest BCUT2D eigenvalue weighted by atomic mass is 15.4. The maximum absolute atomic E-state index is 3.99. The van der Waals surface area contributed by atoms with Crippen molar-refractivity contribution in [3.63, 3.8) is 0 Å². The lowest BCUT2D eigenvalue weighted by Crippen LogP contribution is -2.17. The van der Waals surface area contributed by atoms with E-state index in [1.807, 2.05) is 13.2 Å². The number of rotatable bonds is 5. The van der Waals surface area contributed by atoms with E-state index in [4.69, 9.17) is 0 Å². The van der Waals surface area contributed by atoms with E-state index in [9.17, 15) is 0 Å². The monoisotopic (exact) mass is 168 g/mol. The number of hydrogen-bond donors (Lipinski definition) is 1. The van der Waals surface area contributed by atoms with Gasteiger partial charge < -0.3 is 5.32 Å². The van der Waals surface area contributed by atoms with Crippen LogP contribution in [-0.4, -0.2) is 28.1 Å². The third-order valence-corrected chi connectivity index (χ3v) is 1.63. The summed E-state index contributed by atoms with van der Waals surface area (Å²) in [5, 5.41) is 11.2. The van der Waals surface area contributed by atoms with Crippen molar-refractivity contribution in [3.05, 3.63) is 11.9 Å².